The molecule has 1 saturated carbocycles. The van der Waals surface area contributed by atoms with E-state index >= 15 is 0 Å². The van der Waals surface area contributed by atoms with Crippen molar-refractivity contribution in [3.63, 3.8) is 0 Å². The minimum atomic E-state index is -0.0223. The lowest BCUT2D eigenvalue weighted by molar-refractivity contribution is 0.0787. The van der Waals surface area contributed by atoms with E-state index in [1.54, 1.807) is 23.6 Å². The number of thiophene rings is 1. The number of nitrogens with one attached hydrogen (secondary N) is 1. The van der Waals surface area contributed by atoms with E-state index < -0.39 is 0 Å². The van der Waals surface area contributed by atoms with Crippen LogP contribution in [0.4, 0.5) is 0 Å². The number of rotatable bonds is 8. The number of amides is 1. The lowest BCUT2D eigenvalue weighted by atomic mass is 10.2. The minimum Gasteiger partial charge on any atom is -0.356 e. The van der Waals surface area contributed by atoms with Crippen molar-refractivity contribution < 1.29 is 9.59 Å². The van der Waals surface area contributed by atoms with Crippen molar-refractivity contribution in [3.8, 4) is 0 Å². The summed E-state index contributed by atoms with van der Waals surface area (Å²) in [4.78, 5) is 31.3. The molecule has 0 atom stereocenters. The molecule has 3 aromatic heterocycles. The van der Waals surface area contributed by atoms with Gasteiger partial charge in [0, 0.05) is 42.2 Å². The Bertz CT molecular complexity index is 1050. The lowest BCUT2D eigenvalue weighted by Crippen LogP contribution is -2.27. The van der Waals surface area contributed by atoms with Crippen molar-refractivity contribution >= 4 is 34.8 Å². The number of carbonyl (C=O) groups excluding carboxylic acids is 2. The highest BCUT2D eigenvalue weighted by molar-refractivity contribution is 7.99. The zero-order valence-electron chi connectivity index (χ0n) is 16.5. The molecule has 0 radical (unpaired) electrons. The molecule has 1 amide bonds. The molecule has 4 heterocycles. The third kappa shape index (κ3) is 4.09. The van der Waals surface area contributed by atoms with Crippen LogP contribution in [0, 0.1) is 0 Å². The largest absolute Gasteiger partial charge is 0.356 e. The average molecular weight is 442 g/mol. The fraction of sp³-hybridized carbons (Fsp3) is 0.429. The number of H-pyrrole nitrogens is 1. The molecular weight excluding hydrogens is 418 g/mol. The van der Waals surface area contributed by atoms with Crippen molar-refractivity contribution in [2.45, 2.75) is 43.3 Å². The van der Waals surface area contributed by atoms with Crippen LogP contribution in [-0.2, 0) is 6.42 Å². The molecule has 0 aromatic carbocycles. The summed E-state index contributed by atoms with van der Waals surface area (Å²) in [5.74, 6) is 1.21. The Morgan fingerprint density at radius 3 is 2.80 bits per heavy atom. The average Bonchev–Trinajstić information content (AvgIpc) is 3.28. The Kier molecular flexibility index (Phi) is 5.47. The van der Waals surface area contributed by atoms with Crippen LogP contribution in [-0.4, -0.2) is 55.2 Å². The van der Waals surface area contributed by atoms with E-state index in [0.717, 1.165) is 56.2 Å². The van der Waals surface area contributed by atoms with Gasteiger partial charge in [-0.05, 0) is 43.2 Å². The van der Waals surface area contributed by atoms with Gasteiger partial charge in [0.25, 0.3) is 5.91 Å². The Balaban J connectivity index is 1.24. The summed E-state index contributed by atoms with van der Waals surface area (Å²) < 4.78 is 2.21. The zero-order valence-corrected chi connectivity index (χ0v) is 18.2. The number of hydrogen-bond donors (Lipinski definition) is 1. The Hall–Kier alpha value is -2.39. The van der Waals surface area contributed by atoms with Gasteiger partial charge in [0.05, 0.1) is 5.75 Å². The molecule has 7 nitrogen and oxygen atoms in total. The molecule has 0 unspecified atom stereocenters. The quantitative estimate of drug-likeness (QED) is 0.425. The van der Waals surface area contributed by atoms with E-state index in [2.05, 4.69) is 31.2 Å². The molecule has 30 heavy (non-hydrogen) atoms. The van der Waals surface area contributed by atoms with Gasteiger partial charge in [-0.1, -0.05) is 17.8 Å². The van der Waals surface area contributed by atoms with Crippen LogP contribution in [0.5, 0.6) is 0 Å². The molecule has 2 fully saturated rings. The summed E-state index contributed by atoms with van der Waals surface area (Å²) in [6.07, 6.45) is 6.78. The van der Waals surface area contributed by atoms with Gasteiger partial charge in [-0.2, -0.15) is 0 Å². The van der Waals surface area contributed by atoms with Crippen LogP contribution in [0.2, 0.25) is 0 Å². The number of carbonyl (C=O) groups is 2. The number of Topliss-reactive ketones (excluding diaryl/α,β-unsaturated/α-hetero) is 1. The second-order valence-electron chi connectivity index (χ2n) is 7.77. The Labute approximate surface area is 182 Å². The second-order valence-corrected chi connectivity index (χ2v) is 9.74. The first kappa shape index (κ1) is 19.6. The number of ketones is 1. The molecule has 0 bridgehead atoms. The maximum atomic E-state index is 12.7. The smallest absolute Gasteiger partial charge is 0.270 e. The molecule has 9 heteroatoms. The van der Waals surface area contributed by atoms with Crippen molar-refractivity contribution in [2.75, 3.05) is 18.8 Å². The maximum absolute atomic E-state index is 12.7. The molecule has 1 N–H and O–H groups in total. The van der Waals surface area contributed by atoms with E-state index in [0.29, 0.717) is 17.3 Å². The molecular formula is C21H23N5O2S2. The van der Waals surface area contributed by atoms with E-state index in [1.165, 1.54) is 16.6 Å². The predicted molar refractivity (Wildman–Crippen MR) is 116 cm³/mol. The first-order valence-electron chi connectivity index (χ1n) is 10.3. The summed E-state index contributed by atoms with van der Waals surface area (Å²) >= 11 is 3.15. The molecule has 3 aromatic rings. The lowest BCUT2D eigenvalue weighted by Gasteiger charge is -2.13. The Morgan fingerprint density at radius 1 is 1.23 bits per heavy atom. The SMILES string of the molecule is O=C(CSc1nnc(Cc2cccs2)n1C1CC1)c1c[nH]c(C(=O)N2CCCC2)c1. The molecule has 5 rings (SSSR count). The number of hydrogen-bond acceptors (Lipinski definition) is 6. The van der Waals surface area contributed by atoms with Gasteiger partial charge in [-0.15, -0.1) is 21.5 Å². The fourth-order valence-electron chi connectivity index (χ4n) is 3.78. The third-order valence-corrected chi connectivity index (χ3v) is 7.34. The number of aromatic amines is 1. The Morgan fingerprint density at radius 2 is 2.07 bits per heavy atom. The van der Waals surface area contributed by atoms with E-state index in [1.807, 2.05) is 11.0 Å². The fourth-order valence-corrected chi connectivity index (χ4v) is 5.40. The second kappa shape index (κ2) is 8.39. The normalized spacial score (nSPS) is 16.3. The van der Waals surface area contributed by atoms with Gasteiger partial charge in [-0.25, -0.2) is 0 Å². The summed E-state index contributed by atoms with van der Waals surface area (Å²) in [6, 6.07) is 6.28. The van der Waals surface area contributed by atoms with Gasteiger partial charge >= 0.3 is 0 Å². The highest BCUT2D eigenvalue weighted by Gasteiger charge is 2.30. The highest BCUT2D eigenvalue weighted by Crippen LogP contribution is 2.39. The van der Waals surface area contributed by atoms with Crippen LogP contribution in [0.3, 0.4) is 0 Å². The summed E-state index contributed by atoms with van der Waals surface area (Å²) in [5.41, 5.74) is 1.03. The molecule has 1 aliphatic heterocycles. The van der Waals surface area contributed by atoms with Gasteiger partial charge in [0.1, 0.15) is 11.5 Å². The van der Waals surface area contributed by atoms with Crippen molar-refractivity contribution in [1.29, 1.82) is 0 Å². The van der Waals surface area contributed by atoms with E-state index in [9.17, 15) is 9.59 Å². The van der Waals surface area contributed by atoms with Crippen LogP contribution in [0.15, 0.2) is 34.9 Å². The highest BCUT2D eigenvalue weighted by atomic mass is 32.2. The molecule has 1 aliphatic carbocycles. The number of aromatic nitrogens is 4. The van der Waals surface area contributed by atoms with Crippen molar-refractivity contribution in [1.82, 2.24) is 24.6 Å². The minimum absolute atomic E-state index is 0.0122. The first-order valence-corrected chi connectivity index (χ1v) is 12.2. The topological polar surface area (TPSA) is 83.9 Å². The van der Waals surface area contributed by atoms with Crippen molar-refractivity contribution in [2.24, 2.45) is 0 Å². The third-order valence-electron chi connectivity index (χ3n) is 5.52. The monoisotopic (exact) mass is 441 g/mol. The summed E-state index contributed by atoms with van der Waals surface area (Å²) in [5, 5.41) is 11.7. The van der Waals surface area contributed by atoms with Crippen LogP contribution in [0.25, 0.3) is 0 Å². The summed E-state index contributed by atoms with van der Waals surface area (Å²) in [7, 11) is 0. The van der Waals surface area contributed by atoms with E-state index in [4.69, 9.17) is 0 Å². The molecule has 156 valence electrons. The van der Waals surface area contributed by atoms with Gasteiger partial charge in [0.2, 0.25) is 0 Å². The molecule has 1 saturated heterocycles. The van der Waals surface area contributed by atoms with Crippen molar-refractivity contribution in [3.05, 3.63) is 51.7 Å². The van der Waals surface area contributed by atoms with Gasteiger partial charge < -0.3 is 14.5 Å². The first-order chi connectivity index (χ1) is 14.7. The number of thioether (sulfide) groups is 1. The van der Waals surface area contributed by atoms with Crippen LogP contribution >= 0.6 is 23.1 Å². The maximum Gasteiger partial charge on any atom is 0.270 e. The number of nitrogens with zero attached hydrogens (tertiary/aromatic N) is 4. The molecule has 2 aliphatic rings. The van der Waals surface area contributed by atoms with Crippen LogP contribution in [0.1, 0.15) is 63.3 Å². The molecule has 0 spiro atoms. The standard InChI is InChI=1S/C21H23N5O2S2/c27-18(14-10-17(22-12-14)20(28)25-7-1-2-8-25)13-30-21-24-23-19(26(21)15-5-6-15)11-16-4-3-9-29-16/h3-4,9-10,12,15,22H,1-2,5-8,11,13H2. The van der Waals surface area contributed by atoms with Crippen LogP contribution < -0.4 is 0 Å². The van der Waals surface area contributed by atoms with E-state index in [-0.39, 0.29) is 17.4 Å². The van der Waals surface area contributed by atoms with Gasteiger partial charge in [-0.3, -0.25) is 9.59 Å². The predicted octanol–water partition coefficient (Wildman–Crippen LogP) is 3.80. The number of likely N-dealkylation sites (tertiary alicyclic amines) is 1. The van der Waals surface area contributed by atoms with Gasteiger partial charge in [0.15, 0.2) is 10.9 Å². The zero-order chi connectivity index (χ0) is 20.5. The summed E-state index contributed by atoms with van der Waals surface area (Å²) in [6.45, 7) is 1.59.